The Balaban J connectivity index is 2.53. The van der Waals surface area contributed by atoms with Crippen LogP contribution in [0.4, 0.5) is 0 Å². The van der Waals surface area contributed by atoms with Crippen molar-refractivity contribution in [2.75, 3.05) is 0 Å². The van der Waals surface area contributed by atoms with Gasteiger partial charge in [-0.2, -0.15) is 0 Å². The van der Waals surface area contributed by atoms with E-state index in [-0.39, 0.29) is 5.41 Å². The van der Waals surface area contributed by atoms with Crippen LogP contribution < -0.4 is 0 Å². The van der Waals surface area contributed by atoms with Crippen molar-refractivity contribution in [1.82, 2.24) is 9.55 Å². The zero-order chi connectivity index (χ0) is 10.3. The highest BCUT2D eigenvalue weighted by atomic mass is 15.1. The Morgan fingerprint density at radius 1 is 1.21 bits per heavy atom. The van der Waals surface area contributed by atoms with Crippen molar-refractivity contribution in [3.63, 3.8) is 0 Å². The standard InChI is InChI=1S/C12H20N2/c1-9-11(12(2,3)4)14-8-6-5-7-10(14)13-9/h5-8H2,1-4H3. The summed E-state index contributed by atoms with van der Waals surface area (Å²) in [7, 11) is 0. The second-order valence-corrected chi connectivity index (χ2v) is 5.32. The molecule has 2 heteroatoms. The van der Waals surface area contributed by atoms with Gasteiger partial charge in [0.1, 0.15) is 5.82 Å². The summed E-state index contributed by atoms with van der Waals surface area (Å²) in [4.78, 5) is 4.68. The second-order valence-electron chi connectivity index (χ2n) is 5.32. The number of aromatic nitrogens is 2. The van der Waals surface area contributed by atoms with Gasteiger partial charge in [0, 0.05) is 24.1 Å². The largest absolute Gasteiger partial charge is 0.331 e. The first-order valence-corrected chi connectivity index (χ1v) is 5.56. The highest BCUT2D eigenvalue weighted by Gasteiger charge is 2.25. The average molecular weight is 192 g/mol. The Morgan fingerprint density at radius 3 is 2.57 bits per heavy atom. The van der Waals surface area contributed by atoms with E-state index >= 15 is 0 Å². The number of nitrogens with zero attached hydrogens (tertiary/aromatic N) is 2. The molecule has 14 heavy (non-hydrogen) atoms. The van der Waals surface area contributed by atoms with Crippen molar-refractivity contribution in [2.24, 2.45) is 0 Å². The van der Waals surface area contributed by atoms with Gasteiger partial charge in [-0.1, -0.05) is 20.8 Å². The van der Waals surface area contributed by atoms with Crippen LogP contribution >= 0.6 is 0 Å². The topological polar surface area (TPSA) is 17.8 Å². The molecule has 0 aliphatic carbocycles. The smallest absolute Gasteiger partial charge is 0.109 e. The maximum atomic E-state index is 4.68. The summed E-state index contributed by atoms with van der Waals surface area (Å²) < 4.78 is 2.44. The molecule has 1 aromatic rings. The maximum Gasteiger partial charge on any atom is 0.109 e. The molecule has 0 saturated carbocycles. The highest BCUT2D eigenvalue weighted by Crippen LogP contribution is 2.29. The van der Waals surface area contributed by atoms with Crippen LogP contribution in [0.1, 0.15) is 50.8 Å². The molecule has 0 N–H and O–H groups in total. The molecule has 0 unspecified atom stereocenters. The third kappa shape index (κ3) is 1.47. The third-order valence-electron chi connectivity index (χ3n) is 2.96. The zero-order valence-electron chi connectivity index (χ0n) is 9.72. The van der Waals surface area contributed by atoms with Crippen LogP contribution in [-0.4, -0.2) is 9.55 Å². The molecule has 2 heterocycles. The Morgan fingerprint density at radius 2 is 1.93 bits per heavy atom. The van der Waals surface area contributed by atoms with Crippen LogP contribution in [0.2, 0.25) is 0 Å². The van der Waals surface area contributed by atoms with E-state index in [1.165, 1.54) is 36.6 Å². The molecular formula is C12H20N2. The van der Waals surface area contributed by atoms with E-state index in [1.807, 2.05) is 0 Å². The average Bonchev–Trinajstić information content (AvgIpc) is 2.38. The van der Waals surface area contributed by atoms with Crippen LogP contribution in [0.15, 0.2) is 0 Å². The minimum atomic E-state index is 0.229. The predicted molar refractivity (Wildman–Crippen MR) is 58.6 cm³/mol. The molecule has 0 saturated heterocycles. The fourth-order valence-corrected chi connectivity index (χ4v) is 2.56. The predicted octanol–water partition coefficient (Wildman–Crippen LogP) is 2.83. The van der Waals surface area contributed by atoms with E-state index in [9.17, 15) is 0 Å². The summed E-state index contributed by atoms with van der Waals surface area (Å²) in [5.41, 5.74) is 2.90. The fraction of sp³-hybridized carbons (Fsp3) is 0.750. The molecule has 2 rings (SSSR count). The number of rotatable bonds is 0. The zero-order valence-corrected chi connectivity index (χ0v) is 9.72. The fourth-order valence-electron chi connectivity index (χ4n) is 2.56. The number of hydrogen-bond acceptors (Lipinski definition) is 1. The Kier molecular flexibility index (Phi) is 2.17. The van der Waals surface area contributed by atoms with Crippen molar-refractivity contribution in [1.29, 1.82) is 0 Å². The van der Waals surface area contributed by atoms with Gasteiger partial charge in [0.05, 0.1) is 5.69 Å². The normalized spacial score (nSPS) is 16.9. The Hall–Kier alpha value is -0.790. The monoisotopic (exact) mass is 192 g/mol. The molecular weight excluding hydrogens is 172 g/mol. The van der Waals surface area contributed by atoms with Crippen molar-refractivity contribution >= 4 is 0 Å². The minimum absolute atomic E-state index is 0.229. The summed E-state index contributed by atoms with van der Waals surface area (Å²) in [6.07, 6.45) is 3.78. The van der Waals surface area contributed by atoms with Crippen molar-refractivity contribution in [3.05, 3.63) is 17.2 Å². The molecule has 0 radical (unpaired) electrons. The molecule has 0 aromatic carbocycles. The molecule has 0 spiro atoms. The van der Waals surface area contributed by atoms with Gasteiger partial charge >= 0.3 is 0 Å². The SMILES string of the molecule is Cc1nc2n(c1C(C)(C)C)CCCC2. The van der Waals surface area contributed by atoms with Gasteiger partial charge in [-0.3, -0.25) is 0 Å². The molecule has 1 aliphatic rings. The van der Waals surface area contributed by atoms with Crippen LogP contribution in [0.5, 0.6) is 0 Å². The molecule has 78 valence electrons. The molecule has 0 fully saturated rings. The quantitative estimate of drug-likeness (QED) is 0.618. The van der Waals surface area contributed by atoms with Gasteiger partial charge in [-0.15, -0.1) is 0 Å². The number of hydrogen-bond donors (Lipinski definition) is 0. The first-order chi connectivity index (χ1) is 6.50. The number of aryl methyl sites for hydroxylation is 2. The van der Waals surface area contributed by atoms with E-state index in [1.54, 1.807) is 0 Å². The van der Waals surface area contributed by atoms with E-state index in [2.05, 4.69) is 37.2 Å². The van der Waals surface area contributed by atoms with Crippen molar-refractivity contribution in [2.45, 2.75) is 58.9 Å². The van der Waals surface area contributed by atoms with Gasteiger partial charge in [0.15, 0.2) is 0 Å². The Bertz CT molecular complexity index is 342. The van der Waals surface area contributed by atoms with Gasteiger partial charge in [-0.05, 0) is 19.8 Å². The van der Waals surface area contributed by atoms with Gasteiger partial charge in [0.25, 0.3) is 0 Å². The van der Waals surface area contributed by atoms with E-state index < -0.39 is 0 Å². The number of imidazole rings is 1. The van der Waals surface area contributed by atoms with Gasteiger partial charge in [0.2, 0.25) is 0 Å². The van der Waals surface area contributed by atoms with Crippen LogP contribution in [-0.2, 0) is 18.4 Å². The van der Waals surface area contributed by atoms with E-state index in [0.717, 1.165) is 6.42 Å². The molecule has 2 nitrogen and oxygen atoms in total. The van der Waals surface area contributed by atoms with Crippen molar-refractivity contribution < 1.29 is 0 Å². The summed E-state index contributed by atoms with van der Waals surface area (Å²) in [5.74, 6) is 1.30. The molecule has 0 atom stereocenters. The van der Waals surface area contributed by atoms with E-state index in [4.69, 9.17) is 0 Å². The summed E-state index contributed by atoms with van der Waals surface area (Å²) in [5, 5.41) is 0. The maximum absolute atomic E-state index is 4.68. The second kappa shape index (κ2) is 3.11. The lowest BCUT2D eigenvalue weighted by molar-refractivity contribution is 0.459. The highest BCUT2D eigenvalue weighted by molar-refractivity contribution is 5.24. The number of fused-ring (bicyclic) bond motifs is 1. The van der Waals surface area contributed by atoms with E-state index in [0.29, 0.717) is 0 Å². The molecule has 0 amide bonds. The van der Waals surface area contributed by atoms with Crippen LogP contribution in [0, 0.1) is 6.92 Å². The summed E-state index contributed by atoms with van der Waals surface area (Å²) in [6, 6.07) is 0. The third-order valence-corrected chi connectivity index (χ3v) is 2.96. The van der Waals surface area contributed by atoms with Crippen LogP contribution in [0.3, 0.4) is 0 Å². The van der Waals surface area contributed by atoms with Crippen LogP contribution in [0.25, 0.3) is 0 Å². The van der Waals surface area contributed by atoms with Gasteiger partial charge in [-0.25, -0.2) is 4.98 Å². The lowest BCUT2D eigenvalue weighted by Crippen LogP contribution is -2.22. The summed E-state index contributed by atoms with van der Waals surface area (Å²) in [6.45, 7) is 10.1. The molecule has 1 aromatic heterocycles. The first-order valence-electron chi connectivity index (χ1n) is 5.56. The Labute approximate surface area is 86.3 Å². The lowest BCUT2D eigenvalue weighted by Gasteiger charge is -2.24. The van der Waals surface area contributed by atoms with Gasteiger partial charge < -0.3 is 4.57 Å². The first kappa shape index (κ1) is 9.75. The lowest BCUT2D eigenvalue weighted by atomic mass is 9.90. The van der Waals surface area contributed by atoms with Crippen molar-refractivity contribution in [3.8, 4) is 0 Å². The molecule has 0 bridgehead atoms. The molecule has 1 aliphatic heterocycles. The summed E-state index contributed by atoms with van der Waals surface area (Å²) >= 11 is 0. The minimum Gasteiger partial charge on any atom is -0.331 e.